The molecule has 12 nitrogen and oxygen atoms in total. The summed E-state index contributed by atoms with van der Waals surface area (Å²) in [5.74, 6) is -0.103. The smallest absolute Gasteiger partial charge is 0.252 e. The lowest BCUT2D eigenvalue weighted by Gasteiger charge is -2.35. The number of sulfone groups is 1. The number of imidazole rings is 1. The van der Waals surface area contributed by atoms with E-state index in [1.54, 1.807) is 24.4 Å². The molecule has 14 heteroatoms. The van der Waals surface area contributed by atoms with Crippen LogP contribution in [-0.4, -0.2) is 81.6 Å². The van der Waals surface area contributed by atoms with Crippen LogP contribution in [0.1, 0.15) is 10.4 Å². The van der Waals surface area contributed by atoms with Gasteiger partial charge in [-0.1, -0.05) is 0 Å². The summed E-state index contributed by atoms with van der Waals surface area (Å²) in [5.41, 5.74) is 0.830. The zero-order valence-corrected chi connectivity index (χ0v) is 22.0. The summed E-state index contributed by atoms with van der Waals surface area (Å²) in [6.45, 7) is -0.498. The van der Waals surface area contributed by atoms with Crippen molar-refractivity contribution >= 4 is 38.7 Å². The Hall–Kier alpha value is -3.53. The van der Waals surface area contributed by atoms with Gasteiger partial charge in [0.05, 0.1) is 36.1 Å². The van der Waals surface area contributed by atoms with Crippen LogP contribution < -0.4 is 10.1 Å². The second-order valence-electron chi connectivity index (χ2n) is 8.64. The molecule has 0 bridgehead atoms. The predicted molar refractivity (Wildman–Crippen MR) is 140 cm³/mol. The van der Waals surface area contributed by atoms with Crippen LogP contribution in [0, 0.1) is 0 Å². The van der Waals surface area contributed by atoms with Gasteiger partial charge in [-0.15, -0.1) is 0 Å². The molecular formula is C25H24N4O8S2. The molecule has 3 heterocycles. The number of amides is 1. The molecule has 0 spiro atoms. The van der Waals surface area contributed by atoms with Crippen LogP contribution in [0.4, 0.5) is 0 Å². The van der Waals surface area contributed by atoms with Gasteiger partial charge in [-0.3, -0.25) is 9.78 Å². The maximum absolute atomic E-state index is 13.7. The van der Waals surface area contributed by atoms with Gasteiger partial charge in [0.2, 0.25) is 9.84 Å². The number of nitrogens with one attached hydrogen (secondary N) is 1. The van der Waals surface area contributed by atoms with Gasteiger partial charge in [-0.2, -0.15) is 0 Å². The molecule has 4 atom stereocenters. The molecule has 204 valence electrons. The van der Waals surface area contributed by atoms with Crippen LogP contribution in [0.2, 0.25) is 0 Å². The highest BCUT2D eigenvalue weighted by molar-refractivity contribution is 7.95. The maximum Gasteiger partial charge on any atom is 0.252 e. The van der Waals surface area contributed by atoms with Crippen LogP contribution in [0.15, 0.2) is 77.2 Å². The number of carbonyl (C=O) groups is 1. The van der Waals surface area contributed by atoms with Gasteiger partial charge >= 0.3 is 0 Å². The quantitative estimate of drug-likeness (QED) is 0.233. The van der Waals surface area contributed by atoms with E-state index >= 15 is 0 Å². The highest BCUT2D eigenvalue weighted by Crippen LogP contribution is 2.33. The number of fused-ring (bicyclic) bond motifs is 1. The minimum atomic E-state index is -4.06. The van der Waals surface area contributed by atoms with Crippen molar-refractivity contribution in [2.24, 2.45) is 0 Å². The first-order valence-corrected chi connectivity index (χ1v) is 13.9. The molecule has 39 heavy (non-hydrogen) atoms. The standard InChI is InChI=1S/C25H24N4O8S2/c1-36-15-3-5-16(6-4-15)39(34,35)20-11-27-18-7-2-14(10-17(18)21(20)29-9-8-26-13-29)24(33)28-25-23(32)22(31)19(12-30)37-38-25/h2-11,13,19,22-23,25,30-32H,12H2,1H3,(H,28,33). The number of aliphatic hydroxyl groups is 3. The molecule has 4 N–H and O–H groups in total. The summed E-state index contributed by atoms with van der Waals surface area (Å²) in [6, 6.07) is 10.5. The highest BCUT2D eigenvalue weighted by atomic mass is 32.2. The fourth-order valence-electron chi connectivity index (χ4n) is 4.14. The predicted octanol–water partition coefficient (Wildman–Crippen LogP) is 1.08. The third-order valence-corrected chi connectivity index (χ3v) is 9.00. The van der Waals surface area contributed by atoms with Crippen LogP contribution in [0.25, 0.3) is 16.6 Å². The minimum Gasteiger partial charge on any atom is -0.497 e. The highest BCUT2D eigenvalue weighted by Gasteiger charge is 2.40. The molecule has 1 saturated heterocycles. The number of hydrogen-bond donors (Lipinski definition) is 4. The summed E-state index contributed by atoms with van der Waals surface area (Å²) < 4.78 is 39.3. The van der Waals surface area contributed by atoms with Gasteiger partial charge in [0.1, 0.15) is 34.3 Å². The van der Waals surface area contributed by atoms with Crippen molar-refractivity contribution in [3.8, 4) is 11.4 Å². The van der Waals surface area contributed by atoms with Crippen molar-refractivity contribution < 1.29 is 37.5 Å². The van der Waals surface area contributed by atoms with E-state index in [0.717, 1.165) is 12.0 Å². The van der Waals surface area contributed by atoms with Gasteiger partial charge < -0.3 is 34.1 Å². The molecular weight excluding hydrogens is 548 g/mol. The second kappa shape index (κ2) is 10.9. The first-order valence-electron chi connectivity index (χ1n) is 11.6. The van der Waals surface area contributed by atoms with Crippen LogP contribution in [0.3, 0.4) is 0 Å². The zero-order chi connectivity index (χ0) is 27.7. The molecule has 0 radical (unpaired) electrons. The molecule has 1 aliphatic heterocycles. The molecule has 1 amide bonds. The number of methoxy groups -OCH3 is 1. The summed E-state index contributed by atoms with van der Waals surface area (Å²) in [7, 11) is -2.58. The molecule has 0 aliphatic carbocycles. The Morgan fingerprint density at radius 3 is 2.62 bits per heavy atom. The Morgan fingerprint density at radius 2 is 1.95 bits per heavy atom. The van der Waals surface area contributed by atoms with Crippen molar-refractivity contribution in [1.82, 2.24) is 19.9 Å². The Balaban J connectivity index is 1.56. The molecule has 5 rings (SSSR count). The van der Waals surface area contributed by atoms with Gasteiger partial charge in [-0.25, -0.2) is 13.4 Å². The lowest BCUT2D eigenvalue weighted by Crippen LogP contribution is -2.55. The average Bonchev–Trinajstić information content (AvgIpc) is 3.49. The third-order valence-electron chi connectivity index (χ3n) is 6.27. The SMILES string of the molecule is COc1ccc(S(=O)(=O)c2cnc3ccc(C(=O)NC4SOC(CO)C(O)C4O)cc3c2-n2ccnc2)cc1. The molecule has 4 unspecified atom stereocenters. The molecule has 2 aromatic heterocycles. The number of pyridine rings is 1. The van der Waals surface area contributed by atoms with E-state index in [1.807, 2.05) is 0 Å². The number of aliphatic hydroxyl groups excluding tert-OH is 3. The number of rotatable bonds is 7. The summed E-state index contributed by atoms with van der Waals surface area (Å²) in [5, 5.41) is 31.7. The van der Waals surface area contributed by atoms with Crippen molar-refractivity contribution in [2.75, 3.05) is 13.7 Å². The van der Waals surface area contributed by atoms with E-state index in [2.05, 4.69) is 15.3 Å². The largest absolute Gasteiger partial charge is 0.497 e. The van der Waals surface area contributed by atoms with Crippen molar-refractivity contribution in [3.63, 3.8) is 0 Å². The Kier molecular flexibility index (Phi) is 7.57. The molecule has 4 aromatic rings. The summed E-state index contributed by atoms with van der Waals surface area (Å²) in [4.78, 5) is 21.5. The molecule has 1 aliphatic rings. The van der Waals surface area contributed by atoms with E-state index in [9.17, 15) is 28.5 Å². The second-order valence-corrected chi connectivity index (χ2v) is 11.5. The normalized spacial score (nSPS) is 21.5. The Labute approximate surface area is 227 Å². The Bertz CT molecular complexity index is 1600. The van der Waals surface area contributed by atoms with Crippen molar-refractivity contribution in [2.45, 2.75) is 33.5 Å². The molecule has 0 saturated carbocycles. The maximum atomic E-state index is 13.7. The first-order chi connectivity index (χ1) is 18.7. The lowest BCUT2D eigenvalue weighted by atomic mass is 10.1. The molecule has 1 fully saturated rings. The van der Waals surface area contributed by atoms with Crippen LogP contribution in [0.5, 0.6) is 5.75 Å². The van der Waals surface area contributed by atoms with Gasteiger partial charge in [0.25, 0.3) is 5.91 Å². The summed E-state index contributed by atoms with van der Waals surface area (Å²) >= 11 is 0.727. The number of ether oxygens (including phenoxy) is 1. The van der Waals surface area contributed by atoms with Crippen LogP contribution >= 0.6 is 12.0 Å². The number of carbonyl (C=O) groups excluding carboxylic acids is 1. The van der Waals surface area contributed by atoms with E-state index in [1.165, 1.54) is 54.7 Å². The number of nitrogens with zero attached hydrogens (tertiary/aromatic N) is 3. The average molecular weight is 573 g/mol. The summed E-state index contributed by atoms with van der Waals surface area (Å²) in [6.07, 6.45) is 2.01. The Morgan fingerprint density at radius 1 is 1.18 bits per heavy atom. The number of aromatic nitrogens is 3. The molecule has 2 aromatic carbocycles. The van der Waals surface area contributed by atoms with Crippen molar-refractivity contribution in [3.05, 3.63) is 72.9 Å². The van der Waals surface area contributed by atoms with Gasteiger partial charge in [-0.05, 0) is 42.5 Å². The van der Waals surface area contributed by atoms with Crippen LogP contribution in [-0.2, 0) is 14.0 Å². The van der Waals surface area contributed by atoms with Gasteiger partial charge in [0, 0.05) is 41.6 Å². The fraction of sp³-hybridized carbons (Fsp3) is 0.240. The lowest BCUT2D eigenvalue weighted by molar-refractivity contribution is -0.0754. The number of hydrogen-bond acceptors (Lipinski definition) is 11. The van der Waals surface area contributed by atoms with E-state index in [-0.39, 0.29) is 21.0 Å². The van der Waals surface area contributed by atoms with Crippen molar-refractivity contribution in [1.29, 1.82) is 0 Å². The first kappa shape index (κ1) is 27.1. The third kappa shape index (κ3) is 5.09. The van der Waals surface area contributed by atoms with Gasteiger partial charge in [0.15, 0.2) is 0 Å². The zero-order valence-electron chi connectivity index (χ0n) is 20.4. The van der Waals surface area contributed by atoms with E-state index < -0.39 is 46.0 Å². The topological polar surface area (TPSA) is 173 Å². The monoisotopic (exact) mass is 572 g/mol. The minimum absolute atomic E-state index is 0.0303. The number of benzene rings is 2. The van der Waals surface area contributed by atoms with E-state index in [4.69, 9.17) is 8.92 Å². The fourth-order valence-corrected chi connectivity index (χ4v) is 6.42. The van der Waals surface area contributed by atoms with E-state index in [0.29, 0.717) is 16.7 Å².